The molecule has 0 saturated carbocycles. The Kier molecular flexibility index (Phi) is 5.04. The molecule has 0 saturated heterocycles. The zero-order valence-corrected chi connectivity index (χ0v) is 13.8. The molecule has 1 aromatic rings. The third kappa shape index (κ3) is 3.28. The van der Waals surface area contributed by atoms with Crippen LogP contribution in [0, 0.1) is 11.8 Å². The molecule has 2 rings (SSSR count). The molecule has 1 heterocycles. The highest BCUT2D eigenvalue weighted by molar-refractivity contribution is 7.17. The van der Waals surface area contributed by atoms with E-state index in [2.05, 4.69) is 12.2 Å². The van der Waals surface area contributed by atoms with E-state index in [1.165, 1.54) is 16.2 Å². The number of carbonyl (C=O) groups is 2. The van der Waals surface area contributed by atoms with Crippen molar-refractivity contribution < 1.29 is 9.59 Å². The standard InChI is InChI=1S/C16H24N2O2S/c1-4-10(5-2)15(20)18-16-13(14(17)19)11-7-6-9(3)8-12(11)21-16/h9-10H,4-8H2,1-3H3,(H2,17,19)(H,18,20). The van der Waals surface area contributed by atoms with Gasteiger partial charge in [0.15, 0.2) is 0 Å². The molecular formula is C16H24N2O2S. The van der Waals surface area contributed by atoms with Crippen molar-refractivity contribution in [3.8, 4) is 0 Å². The molecule has 1 unspecified atom stereocenters. The lowest BCUT2D eigenvalue weighted by Crippen LogP contribution is -2.23. The number of nitrogens with two attached hydrogens (primary N) is 1. The topological polar surface area (TPSA) is 72.2 Å². The number of carbonyl (C=O) groups excluding carboxylic acids is 2. The van der Waals surface area contributed by atoms with Gasteiger partial charge >= 0.3 is 0 Å². The first-order valence-electron chi connectivity index (χ1n) is 7.73. The van der Waals surface area contributed by atoms with Crippen LogP contribution in [-0.4, -0.2) is 11.8 Å². The van der Waals surface area contributed by atoms with Gasteiger partial charge in [0, 0.05) is 10.8 Å². The highest BCUT2D eigenvalue weighted by Gasteiger charge is 2.28. The van der Waals surface area contributed by atoms with E-state index in [1.807, 2.05) is 13.8 Å². The monoisotopic (exact) mass is 308 g/mol. The van der Waals surface area contributed by atoms with Gasteiger partial charge in [-0.2, -0.15) is 0 Å². The molecule has 1 aliphatic carbocycles. The maximum atomic E-state index is 12.3. The van der Waals surface area contributed by atoms with Crippen LogP contribution in [0.2, 0.25) is 0 Å². The molecular weight excluding hydrogens is 284 g/mol. The van der Waals surface area contributed by atoms with Gasteiger partial charge in [-0.3, -0.25) is 9.59 Å². The molecule has 0 bridgehead atoms. The van der Waals surface area contributed by atoms with E-state index >= 15 is 0 Å². The minimum absolute atomic E-state index is 0.00542. The second-order valence-electron chi connectivity index (χ2n) is 5.92. The summed E-state index contributed by atoms with van der Waals surface area (Å²) >= 11 is 1.53. The van der Waals surface area contributed by atoms with Crippen LogP contribution in [0.15, 0.2) is 0 Å². The highest BCUT2D eigenvalue weighted by atomic mass is 32.1. The Morgan fingerprint density at radius 2 is 2.05 bits per heavy atom. The van der Waals surface area contributed by atoms with Crippen LogP contribution in [0.3, 0.4) is 0 Å². The van der Waals surface area contributed by atoms with Crippen LogP contribution in [-0.2, 0) is 17.6 Å². The van der Waals surface area contributed by atoms with Crippen LogP contribution < -0.4 is 11.1 Å². The van der Waals surface area contributed by atoms with E-state index in [0.29, 0.717) is 16.5 Å². The van der Waals surface area contributed by atoms with Crippen molar-refractivity contribution in [1.82, 2.24) is 0 Å². The smallest absolute Gasteiger partial charge is 0.251 e. The maximum Gasteiger partial charge on any atom is 0.251 e. The van der Waals surface area contributed by atoms with Crippen molar-refractivity contribution >= 4 is 28.2 Å². The van der Waals surface area contributed by atoms with Crippen molar-refractivity contribution in [2.45, 2.75) is 52.9 Å². The molecule has 5 heteroatoms. The SMILES string of the molecule is CCC(CC)C(=O)Nc1sc2c(c1C(N)=O)CCC(C)C2. The molecule has 4 nitrogen and oxygen atoms in total. The normalized spacial score (nSPS) is 17.6. The van der Waals surface area contributed by atoms with Gasteiger partial charge in [0.1, 0.15) is 5.00 Å². The number of thiophene rings is 1. The van der Waals surface area contributed by atoms with E-state index in [0.717, 1.165) is 37.7 Å². The third-order valence-electron chi connectivity index (χ3n) is 4.35. The lowest BCUT2D eigenvalue weighted by molar-refractivity contribution is -0.120. The first kappa shape index (κ1) is 16.0. The molecule has 0 aliphatic heterocycles. The number of fused-ring (bicyclic) bond motifs is 1. The molecule has 1 aromatic heterocycles. The summed E-state index contributed by atoms with van der Waals surface area (Å²) in [5.41, 5.74) is 7.15. The lowest BCUT2D eigenvalue weighted by atomic mass is 9.88. The molecule has 2 amide bonds. The summed E-state index contributed by atoms with van der Waals surface area (Å²) in [5, 5.41) is 3.60. The summed E-state index contributed by atoms with van der Waals surface area (Å²) in [7, 11) is 0. The van der Waals surface area contributed by atoms with E-state index in [1.54, 1.807) is 0 Å². The number of primary amides is 1. The molecule has 0 fully saturated rings. The van der Waals surface area contributed by atoms with Crippen molar-refractivity contribution in [3.05, 3.63) is 16.0 Å². The van der Waals surface area contributed by atoms with E-state index in [-0.39, 0.29) is 11.8 Å². The minimum atomic E-state index is -0.429. The van der Waals surface area contributed by atoms with E-state index in [4.69, 9.17) is 5.73 Å². The van der Waals surface area contributed by atoms with Gasteiger partial charge in [-0.15, -0.1) is 11.3 Å². The molecule has 3 N–H and O–H groups in total. The zero-order chi connectivity index (χ0) is 15.6. The predicted molar refractivity (Wildman–Crippen MR) is 86.7 cm³/mol. The van der Waals surface area contributed by atoms with Gasteiger partial charge in [0.25, 0.3) is 5.91 Å². The van der Waals surface area contributed by atoms with E-state index in [9.17, 15) is 9.59 Å². The Morgan fingerprint density at radius 3 is 2.62 bits per heavy atom. The summed E-state index contributed by atoms with van der Waals surface area (Å²) in [6.07, 6.45) is 4.53. The largest absolute Gasteiger partial charge is 0.365 e. The summed E-state index contributed by atoms with van der Waals surface area (Å²) in [4.78, 5) is 25.3. The highest BCUT2D eigenvalue weighted by Crippen LogP contribution is 2.39. The Labute approximate surface area is 130 Å². The van der Waals surface area contributed by atoms with Gasteiger partial charge in [0.2, 0.25) is 5.91 Å². The number of rotatable bonds is 5. The average Bonchev–Trinajstić information content (AvgIpc) is 2.76. The predicted octanol–water partition coefficient (Wildman–Crippen LogP) is 3.35. The van der Waals surface area contributed by atoms with Crippen molar-refractivity contribution in [1.29, 1.82) is 0 Å². The maximum absolute atomic E-state index is 12.3. The Hall–Kier alpha value is -1.36. The number of anilines is 1. The number of nitrogens with one attached hydrogen (secondary N) is 1. The quantitative estimate of drug-likeness (QED) is 0.875. The molecule has 1 atom stereocenters. The molecule has 0 radical (unpaired) electrons. The van der Waals surface area contributed by atoms with Crippen LogP contribution in [0.1, 0.15) is 60.8 Å². The average molecular weight is 308 g/mol. The summed E-state index contributed by atoms with van der Waals surface area (Å²) in [6.45, 7) is 6.22. The Balaban J connectivity index is 2.31. The molecule has 0 spiro atoms. The van der Waals surface area contributed by atoms with Gasteiger partial charge in [-0.25, -0.2) is 0 Å². The minimum Gasteiger partial charge on any atom is -0.365 e. The van der Waals surface area contributed by atoms with Crippen LogP contribution in [0.25, 0.3) is 0 Å². The fraction of sp³-hybridized carbons (Fsp3) is 0.625. The second kappa shape index (κ2) is 6.60. The van der Waals surface area contributed by atoms with E-state index < -0.39 is 5.91 Å². The summed E-state index contributed by atoms with van der Waals surface area (Å²) < 4.78 is 0. The Morgan fingerprint density at radius 1 is 1.38 bits per heavy atom. The number of amides is 2. The van der Waals surface area contributed by atoms with Crippen LogP contribution in [0.4, 0.5) is 5.00 Å². The Bertz CT molecular complexity index is 547. The number of hydrogen-bond donors (Lipinski definition) is 2. The summed E-state index contributed by atoms with van der Waals surface area (Å²) in [6, 6.07) is 0. The molecule has 1 aliphatic rings. The lowest BCUT2D eigenvalue weighted by Gasteiger charge is -2.18. The number of hydrogen-bond acceptors (Lipinski definition) is 3. The first-order chi connectivity index (χ1) is 9.97. The zero-order valence-electron chi connectivity index (χ0n) is 13.0. The van der Waals surface area contributed by atoms with Gasteiger partial charge < -0.3 is 11.1 Å². The van der Waals surface area contributed by atoms with Gasteiger partial charge in [0.05, 0.1) is 5.56 Å². The molecule has 21 heavy (non-hydrogen) atoms. The molecule has 0 aromatic carbocycles. The van der Waals surface area contributed by atoms with Crippen molar-refractivity contribution in [2.24, 2.45) is 17.6 Å². The fourth-order valence-electron chi connectivity index (χ4n) is 2.97. The van der Waals surface area contributed by atoms with Crippen LogP contribution in [0.5, 0.6) is 0 Å². The van der Waals surface area contributed by atoms with Gasteiger partial charge in [-0.1, -0.05) is 20.8 Å². The third-order valence-corrected chi connectivity index (χ3v) is 5.52. The summed E-state index contributed by atoms with van der Waals surface area (Å²) in [5.74, 6) is 0.180. The van der Waals surface area contributed by atoms with Crippen molar-refractivity contribution in [2.75, 3.05) is 5.32 Å². The van der Waals surface area contributed by atoms with Gasteiger partial charge in [-0.05, 0) is 43.6 Å². The molecule has 116 valence electrons. The second-order valence-corrected chi connectivity index (χ2v) is 7.03. The first-order valence-corrected chi connectivity index (χ1v) is 8.54. The fourth-order valence-corrected chi connectivity index (χ4v) is 4.39. The van der Waals surface area contributed by atoms with Crippen molar-refractivity contribution in [3.63, 3.8) is 0 Å². The van der Waals surface area contributed by atoms with Crippen LogP contribution >= 0.6 is 11.3 Å².